The van der Waals surface area contributed by atoms with E-state index in [1.54, 1.807) is 0 Å². The van der Waals surface area contributed by atoms with E-state index in [2.05, 4.69) is 45.2 Å². The highest BCUT2D eigenvalue weighted by molar-refractivity contribution is 5.82. The first kappa shape index (κ1) is 23.1. The van der Waals surface area contributed by atoms with Crippen LogP contribution in [0.2, 0.25) is 0 Å². The average Bonchev–Trinajstić information content (AvgIpc) is 3.63. The molecule has 4 fully saturated rings. The standard InChI is InChI=1S/C25H39N9O/c1-16-14-34-23(28-24(16)32-10-7-18(26)15-32)12-20(31-34)22-6-2-3-9-33(22)25(35)21-11-19(29-30-21)17-5-4-8-27-13-17/h12,14,17-19,21-22,27,29-30H,2-11,13,15,26H2,1H3/t17?,18-,19?,21?,22-/m0/s1. The quantitative estimate of drug-likeness (QED) is 0.508. The third-order valence-corrected chi connectivity index (χ3v) is 8.41. The zero-order chi connectivity index (χ0) is 23.9. The van der Waals surface area contributed by atoms with Crippen molar-refractivity contribution < 1.29 is 4.79 Å². The van der Waals surface area contributed by atoms with Crippen LogP contribution in [0.5, 0.6) is 0 Å². The van der Waals surface area contributed by atoms with Crippen LogP contribution < -0.4 is 26.8 Å². The third-order valence-electron chi connectivity index (χ3n) is 8.41. The lowest BCUT2D eigenvalue weighted by Crippen LogP contribution is -2.49. The van der Waals surface area contributed by atoms with E-state index in [4.69, 9.17) is 15.8 Å². The highest BCUT2D eigenvalue weighted by atomic mass is 16.2. The van der Waals surface area contributed by atoms with Crippen LogP contribution in [0.15, 0.2) is 12.3 Å². The van der Waals surface area contributed by atoms with Gasteiger partial charge in [-0.1, -0.05) is 0 Å². The number of aromatic nitrogens is 3. The topological polar surface area (TPSA) is 116 Å². The molecule has 4 aliphatic rings. The Bertz CT molecular complexity index is 1060. The molecule has 0 bridgehead atoms. The summed E-state index contributed by atoms with van der Waals surface area (Å²) in [5.41, 5.74) is 15.8. The van der Waals surface area contributed by atoms with E-state index in [-0.39, 0.29) is 24.0 Å². The minimum Gasteiger partial charge on any atom is -0.355 e. The maximum atomic E-state index is 13.7. The zero-order valence-electron chi connectivity index (χ0n) is 20.7. The molecular formula is C25H39N9O. The molecule has 1 amide bonds. The first-order valence-corrected chi connectivity index (χ1v) is 13.5. The number of nitrogens with one attached hydrogen (secondary N) is 3. The second-order valence-corrected chi connectivity index (χ2v) is 10.9. The molecule has 6 rings (SSSR count). The predicted octanol–water partition coefficient (Wildman–Crippen LogP) is 0.863. The summed E-state index contributed by atoms with van der Waals surface area (Å²) in [4.78, 5) is 23.0. The van der Waals surface area contributed by atoms with Gasteiger partial charge in [0.05, 0.1) is 11.7 Å². The Morgan fingerprint density at radius 2 is 2.06 bits per heavy atom. The van der Waals surface area contributed by atoms with E-state index < -0.39 is 0 Å². The SMILES string of the molecule is Cc1cn2nc([C@@H]3CCCCN3C(=O)C3CC(C4CCCNC4)NN3)cc2nc1N1CC[C@H](N)C1. The van der Waals surface area contributed by atoms with Crippen LogP contribution in [0.3, 0.4) is 0 Å². The summed E-state index contributed by atoms with van der Waals surface area (Å²) in [6, 6.07) is 2.46. The second-order valence-electron chi connectivity index (χ2n) is 10.9. The number of anilines is 1. The van der Waals surface area contributed by atoms with Crippen molar-refractivity contribution in [3.8, 4) is 0 Å². The van der Waals surface area contributed by atoms with Crippen molar-refractivity contribution in [1.29, 1.82) is 0 Å². The molecule has 3 unspecified atom stereocenters. The Morgan fingerprint density at radius 1 is 1.14 bits per heavy atom. The maximum absolute atomic E-state index is 13.7. The molecule has 35 heavy (non-hydrogen) atoms. The smallest absolute Gasteiger partial charge is 0.241 e. The normalized spacial score (nSPS) is 32.0. The number of carbonyl (C=O) groups is 1. The third kappa shape index (κ3) is 4.52. The molecule has 0 aliphatic carbocycles. The van der Waals surface area contributed by atoms with Crippen LogP contribution >= 0.6 is 0 Å². The Hall–Kier alpha value is -2.27. The summed E-state index contributed by atoms with van der Waals surface area (Å²) in [6.07, 6.45) is 9.44. The number of fused-ring (bicyclic) bond motifs is 1. The van der Waals surface area contributed by atoms with Gasteiger partial charge in [-0.05, 0) is 70.9 Å². The van der Waals surface area contributed by atoms with Gasteiger partial charge in [-0.2, -0.15) is 5.10 Å². The molecule has 0 aromatic carbocycles. The Balaban J connectivity index is 1.20. The monoisotopic (exact) mass is 481 g/mol. The number of carbonyl (C=O) groups excluding carboxylic acids is 1. The minimum atomic E-state index is -0.175. The van der Waals surface area contributed by atoms with Gasteiger partial charge in [0, 0.05) is 49.5 Å². The van der Waals surface area contributed by atoms with E-state index in [0.717, 1.165) is 87.6 Å². The fourth-order valence-electron chi connectivity index (χ4n) is 6.46. The van der Waals surface area contributed by atoms with Gasteiger partial charge in [0.15, 0.2) is 5.65 Å². The molecule has 10 heteroatoms. The summed E-state index contributed by atoms with van der Waals surface area (Å²) < 4.78 is 1.88. The summed E-state index contributed by atoms with van der Waals surface area (Å²) in [5.74, 6) is 1.78. The number of aryl methyl sites for hydroxylation is 1. The number of piperidine rings is 2. The van der Waals surface area contributed by atoms with Gasteiger partial charge in [0.1, 0.15) is 11.9 Å². The maximum Gasteiger partial charge on any atom is 0.241 e. The molecular weight excluding hydrogens is 442 g/mol. The molecule has 0 radical (unpaired) electrons. The van der Waals surface area contributed by atoms with Crippen molar-refractivity contribution in [3.05, 3.63) is 23.5 Å². The molecule has 0 saturated carbocycles. The number of nitrogens with two attached hydrogens (primary N) is 1. The van der Waals surface area contributed by atoms with E-state index in [1.807, 2.05) is 4.52 Å². The van der Waals surface area contributed by atoms with Gasteiger partial charge in [0.25, 0.3) is 0 Å². The van der Waals surface area contributed by atoms with Crippen LogP contribution in [0.1, 0.15) is 62.2 Å². The Labute approximate surface area is 207 Å². The van der Waals surface area contributed by atoms with E-state index in [0.29, 0.717) is 12.0 Å². The van der Waals surface area contributed by atoms with Crippen LogP contribution in [0.4, 0.5) is 5.82 Å². The first-order valence-electron chi connectivity index (χ1n) is 13.5. The van der Waals surface area contributed by atoms with Crippen molar-refractivity contribution in [2.45, 2.75) is 76.0 Å². The number of hydrogen-bond donors (Lipinski definition) is 4. The van der Waals surface area contributed by atoms with Gasteiger partial charge in [0.2, 0.25) is 5.91 Å². The molecule has 190 valence electrons. The molecule has 5 N–H and O–H groups in total. The second kappa shape index (κ2) is 9.65. The number of rotatable bonds is 4. The lowest BCUT2D eigenvalue weighted by molar-refractivity contribution is -0.137. The van der Waals surface area contributed by atoms with Crippen molar-refractivity contribution >= 4 is 17.4 Å². The fourth-order valence-corrected chi connectivity index (χ4v) is 6.46. The molecule has 6 heterocycles. The fraction of sp³-hybridized carbons (Fsp3) is 0.720. The van der Waals surface area contributed by atoms with Crippen molar-refractivity contribution in [3.63, 3.8) is 0 Å². The number of amides is 1. The molecule has 10 nitrogen and oxygen atoms in total. The molecule has 2 aromatic rings. The van der Waals surface area contributed by atoms with E-state index in [9.17, 15) is 4.79 Å². The molecule has 2 aromatic heterocycles. The highest BCUT2D eigenvalue weighted by Crippen LogP contribution is 2.33. The van der Waals surface area contributed by atoms with Crippen LogP contribution in [0.25, 0.3) is 5.65 Å². The lowest BCUT2D eigenvalue weighted by Gasteiger charge is -2.36. The Kier molecular flexibility index (Phi) is 6.38. The molecule has 4 saturated heterocycles. The van der Waals surface area contributed by atoms with Crippen LogP contribution in [0, 0.1) is 12.8 Å². The van der Waals surface area contributed by atoms with Gasteiger partial charge in [-0.3, -0.25) is 10.2 Å². The highest BCUT2D eigenvalue weighted by Gasteiger charge is 2.39. The molecule has 0 spiro atoms. The van der Waals surface area contributed by atoms with Crippen LogP contribution in [-0.2, 0) is 4.79 Å². The Morgan fingerprint density at radius 3 is 2.86 bits per heavy atom. The largest absolute Gasteiger partial charge is 0.355 e. The zero-order valence-corrected chi connectivity index (χ0v) is 20.7. The van der Waals surface area contributed by atoms with Crippen molar-refractivity contribution in [1.82, 2.24) is 35.7 Å². The minimum absolute atomic E-state index is 0.000822. The number of hydrogen-bond acceptors (Lipinski definition) is 8. The summed E-state index contributed by atoms with van der Waals surface area (Å²) in [5, 5.41) is 8.40. The first-order chi connectivity index (χ1) is 17.1. The van der Waals surface area contributed by atoms with Gasteiger partial charge >= 0.3 is 0 Å². The molecule has 5 atom stereocenters. The molecule has 4 aliphatic heterocycles. The lowest BCUT2D eigenvalue weighted by atomic mass is 9.89. The average molecular weight is 482 g/mol. The van der Waals surface area contributed by atoms with Gasteiger partial charge in [-0.15, -0.1) is 0 Å². The van der Waals surface area contributed by atoms with Gasteiger partial charge < -0.3 is 20.9 Å². The summed E-state index contributed by atoms with van der Waals surface area (Å²) >= 11 is 0. The van der Waals surface area contributed by atoms with Gasteiger partial charge in [-0.25, -0.2) is 14.9 Å². The van der Waals surface area contributed by atoms with Crippen LogP contribution in [-0.4, -0.2) is 76.3 Å². The van der Waals surface area contributed by atoms with E-state index in [1.165, 1.54) is 12.8 Å². The van der Waals surface area contributed by atoms with E-state index >= 15 is 0 Å². The number of nitrogens with zero attached hydrogens (tertiary/aromatic N) is 5. The van der Waals surface area contributed by atoms with Crippen molar-refractivity contribution in [2.75, 3.05) is 37.6 Å². The number of hydrazine groups is 1. The summed E-state index contributed by atoms with van der Waals surface area (Å²) in [7, 11) is 0. The predicted molar refractivity (Wildman–Crippen MR) is 135 cm³/mol. The number of likely N-dealkylation sites (tertiary alicyclic amines) is 1. The van der Waals surface area contributed by atoms with Crippen molar-refractivity contribution in [2.24, 2.45) is 11.7 Å². The summed E-state index contributed by atoms with van der Waals surface area (Å²) in [6.45, 7) is 6.79.